The Morgan fingerprint density at radius 2 is 1.68 bits per heavy atom. The van der Waals surface area contributed by atoms with Crippen LogP contribution in [-0.4, -0.2) is 69.0 Å². The molecule has 1 heterocycles. The minimum absolute atomic E-state index is 0.173. The van der Waals surface area contributed by atoms with Crippen molar-refractivity contribution in [3.8, 4) is 5.75 Å². The zero-order valence-electron chi connectivity index (χ0n) is 14.6. The molecule has 1 fully saturated rings. The van der Waals surface area contributed by atoms with E-state index in [0.717, 1.165) is 11.4 Å². The molecule has 2 N–H and O–H groups in total. The van der Waals surface area contributed by atoms with Gasteiger partial charge in [0.1, 0.15) is 5.75 Å². The third-order valence-electron chi connectivity index (χ3n) is 3.97. The smallest absolute Gasteiger partial charge is 0.312 e. The SMILES string of the molecule is COc1ccccc1N1CCN(C(=O)C(=O)NCCNC(C)=O)CC1. The molecule has 1 saturated heterocycles. The van der Waals surface area contributed by atoms with Gasteiger partial charge in [-0.05, 0) is 12.1 Å². The Bertz CT molecular complexity index is 627. The molecule has 136 valence electrons. The molecule has 0 atom stereocenters. The van der Waals surface area contributed by atoms with E-state index >= 15 is 0 Å². The van der Waals surface area contributed by atoms with E-state index in [1.807, 2.05) is 24.3 Å². The van der Waals surface area contributed by atoms with Gasteiger partial charge in [0.05, 0.1) is 12.8 Å². The van der Waals surface area contributed by atoms with E-state index < -0.39 is 11.8 Å². The van der Waals surface area contributed by atoms with Crippen LogP contribution >= 0.6 is 0 Å². The van der Waals surface area contributed by atoms with Gasteiger partial charge >= 0.3 is 11.8 Å². The van der Waals surface area contributed by atoms with Gasteiger partial charge in [0.25, 0.3) is 0 Å². The van der Waals surface area contributed by atoms with Gasteiger partial charge in [-0.1, -0.05) is 12.1 Å². The molecular formula is C17H24N4O4. The number of para-hydroxylation sites is 2. The zero-order chi connectivity index (χ0) is 18.2. The van der Waals surface area contributed by atoms with Crippen LogP contribution in [0.3, 0.4) is 0 Å². The summed E-state index contributed by atoms with van der Waals surface area (Å²) in [4.78, 5) is 38.5. The molecule has 25 heavy (non-hydrogen) atoms. The van der Waals surface area contributed by atoms with Crippen molar-refractivity contribution >= 4 is 23.4 Å². The fourth-order valence-electron chi connectivity index (χ4n) is 2.68. The monoisotopic (exact) mass is 348 g/mol. The molecule has 0 aliphatic carbocycles. The number of piperazine rings is 1. The average molecular weight is 348 g/mol. The van der Waals surface area contributed by atoms with E-state index in [0.29, 0.717) is 32.7 Å². The van der Waals surface area contributed by atoms with Gasteiger partial charge in [-0.2, -0.15) is 0 Å². The summed E-state index contributed by atoms with van der Waals surface area (Å²) in [6.07, 6.45) is 0. The molecule has 3 amide bonds. The zero-order valence-corrected chi connectivity index (χ0v) is 14.6. The summed E-state index contributed by atoms with van der Waals surface area (Å²) < 4.78 is 5.37. The van der Waals surface area contributed by atoms with Gasteiger partial charge in [-0.3, -0.25) is 14.4 Å². The topological polar surface area (TPSA) is 91.0 Å². The Morgan fingerprint density at radius 3 is 2.32 bits per heavy atom. The number of hydrogen-bond acceptors (Lipinski definition) is 5. The highest BCUT2D eigenvalue weighted by molar-refractivity contribution is 6.35. The predicted octanol–water partition coefficient (Wildman–Crippen LogP) is -0.404. The second-order valence-corrected chi connectivity index (χ2v) is 5.69. The van der Waals surface area contributed by atoms with E-state index in [4.69, 9.17) is 4.74 Å². The van der Waals surface area contributed by atoms with Crippen molar-refractivity contribution in [1.29, 1.82) is 0 Å². The number of nitrogens with zero attached hydrogens (tertiary/aromatic N) is 2. The van der Waals surface area contributed by atoms with Crippen molar-refractivity contribution in [2.75, 3.05) is 51.3 Å². The molecule has 1 aliphatic rings. The van der Waals surface area contributed by atoms with Crippen molar-refractivity contribution in [2.45, 2.75) is 6.92 Å². The number of ether oxygens (including phenoxy) is 1. The molecule has 0 bridgehead atoms. The van der Waals surface area contributed by atoms with Gasteiger partial charge in [0.2, 0.25) is 5.91 Å². The predicted molar refractivity (Wildman–Crippen MR) is 93.5 cm³/mol. The van der Waals surface area contributed by atoms with Crippen molar-refractivity contribution in [1.82, 2.24) is 15.5 Å². The van der Waals surface area contributed by atoms with Crippen LogP contribution in [0.1, 0.15) is 6.92 Å². The van der Waals surface area contributed by atoms with E-state index in [1.54, 1.807) is 12.0 Å². The van der Waals surface area contributed by atoms with Crippen LogP contribution in [0.4, 0.5) is 5.69 Å². The van der Waals surface area contributed by atoms with Gasteiger partial charge < -0.3 is 25.2 Å². The Morgan fingerprint density at radius 1 is 1.04 bits per heavy atom. The highest BCUT2D eigenvalue weighted by Gasteiger charge is 2.26. The van der Waals surface area contributed by atoms with Crippen LogP contribution in [0.25, 0.3) is 0 Å². The molecule has 0 radical (unpaired) electrons. The lowest BCUT2D eigenvalue weighted by molar-refractivity contribution is -0.146. The van der Waals surface area contributed by atoms with E-state index in [1.165, 1.54) is 6.92 Å². The van der Waals surface area contributed by atoms with Crippen molar-refractivity contribution < 1.29 is 19.1 Å². The first kappa shape index (κ1) is 18.6. The maximum Gasteiger partial charge on any atom is 0.312 e. The van der Waals surface area contributed by atoms with Gasteiger partial charge in [0, 0.05) is 46.2 Å². The second-order valence-electron chi connectivity index (χ2n) is 5.69. The number of amides is 3. The Kier molecular flexibility index (Phi) is 6.62. The fraction of sp³-hybridized carbons (Fsp3) is 0.471. The summed E-state index contributed by atoms with van der Waals surface area (Å²) in [6, 6.07) is 7.73. The standard InChI is InChI=1S/C17H24N4O4/c1-13(22)18-7-8-19-16(23)17(24)21-11-9-20(10-12-21)14-5-3-4-6-15(14)25-2/h3-6H,7-12H2,1-2H3,(H,18,22)(H,19,23). The minimum atomic E-state index is -0.643. The Balaban J connectivity index is 1.81. The summed E-state index contributed by atoms with van der Waals surface area (Å²) in [5.41, 5.74) is 0.983. The number of nitrogens with one attached hydrogen (secondary N) is 2. The lowest BCUT2D eigenvalue weighted by atomic mass is 10.2. The summed E-state index contributed by atoms with van der Waals surface area (Å²) in [5, 5.41) is 5.07. The molecule has 0 aromatic heterocycles. The number of methoxy groups -OCH3 is 1. The van der Waals surface area contributed by atoms with Gasteiger partial charge in [0.15, 0.2) is 0 Å². The average Bonchev–Trinajstić information content (AvgIpc) is 2.64. The van der Waals surface area contributed by atoms with Crippen LogP contribution in [0, 0.1) is 0 Å². The number of anilines is 1. The lowest BCUT2D eigenvalue weighted by Gasteiger charge is -2.36. The van der Waals surface area contributed by atoms with Crippen LogP contribution < -0.4 is 20.3 Å². The first-order chi connectivity index (χ1) is 12.0. The molecule has 2 rings (SSSR count). The molecule has 0 saturated carbocycles. The molecule has 8 nitrogen and oxygen atoms in total. The summed E-state index contributed by atoms with van der Waals surface area (Å²) >= 11 is 0. The normalized spacial score (nSPS) is 14.0. The van der Waals surface area contributed by atoms with Crippen molar-refractivity contribution in [3.63, 3.8) is 0 Å². The van der Waals surface area contributed by atoms with E-state index in [2.05, 4.69) is 15.5 Å². The van der Waals surface area contributed by atoms with Crippen molar-refractivity contribution in [3.05, 3.63) is 24.3 Å². The third kappa shape index (κ3) is 5.10. The van der Waals surface area contributed by atoms with E-state index in [9.17, 15) is 14.4 Å². The van der Waals surface area contributed by atoms with Gasteiger partial charge in [-0.15, -0.1) is 0 Å². The lowest BCUT2D eigenvalue weighted by Crippen LogP contribution is -2.53. The Hall–Kier alpha value is -2.77. The number of carbonyl (C=O) groups is 3. The largest absolute Gasteiger partial charge is 0.495 e. The van der Waals surface area contributed by atoms with Crippen LogP contribution in [-0.2, 0) is 14.4 Å². The quantitative estimate of drug-likeness (QED) is 0.558. The third-order valence-corrected chi connectivity index (χ3v) is 3.97. The first-order valence-electron chi connectivity index (χ1n) is 8.22. The molecule has 1 aromatic carbocycles. The molecule has 1 aliphatic heterocycles. The highest BCUT2D eigenvalue weighted by atomic mass is 16.5. The Labute approximate surface area is 147 Å². The molecule has 8 heteroatoms. The number of hydrogen-bond donors (Lipinski definition) is 2. The van der Waals surface area contributed by atoms with Crippen LogP contribution in [0.5, 0.6) is 5.75 Å². The number of carbonyl (C=O) groups excluding carboxylic acids is 3. The molecular weight excluding hydrogens is 324 g/mol. The molecule has 0 unspecified atom stereocenters. The van der Waals surface area contributed by atoms with Crippen molar-refractivity contribution in [2.24, 2.45) is 0 Å². The summed E-state index contributed by atoms with van der Waals surface area (Å²) in [7, 11) is 1.63. The number of benzene rings is 1. The fourth-order valence-corrected chi connectivity index (χ4v) is 2.68. The van der Waals surface area contributed by atoms with Gasteiger partial charge in [-0.25, -0.2) is 0 Å². The van der Waals surface area contributed by atoms with Crippen LogP contribution in [0.15, 0.2) is 24.3 Å². The van der Waals surface area contributed by atoms with E-state index in [-0.39, 0.29) is 12.5 Å². The maximum atomic E-state index is 12.2. The molecule has 0 spiro atoms. The minimum Gasteiger partial charge on any atom is -0.495 e. The maximum absolute atomic E-state index is 12.2. The second kappa shape index (κ2) is 8.91. The van der Waals surface area contributed by atoms with Crippen LogP contribution in [0.2, 0.25) is 0 Å². The summed E-state index contributed by atoms with van der Waals surface area (Å²) in [6.45, 7) is 4.12. The summed E-state index contributed by atoms with van der Waals surface area (Å²) in [5.74, 6) is -0.565. The first-order valence-corrected chi connectivity index (χ1v) is 8.22. The highest BCUT2D eigenvalue weighted by Crippen LogP contribution is 2.28. The molecule has 1 aromatic rings. The number of rotatable bonds is 5.